The van der Waals surface area contributed by atoms with Crippen LogP contribution < -0.4 is 10.1 Å². The number of carbonyl (C=O) groups is 1. The SMILES string of the molecule is Cc1nn(C)c(C)c1NC(=O)c1ccn(COc2ccc(C(C)(C)C)cc2)n1. The Morgan fingerprint density at radius 1 is 1.11 bits per heavy atom. The highest BCUT2D eigenvalue weighted by molar-refractivity contribution is 6.03. The molecule has 0 bridgehead atoms. The first-order valence-electron chi connectivity index (χ1n) is 9.23. The van der Waals surface area contributed by atoms with Crippen molar-refractivity contribution >= 4 is 11.6 Å². The number of carbonyl (C=O) groups excluding carboxylic acids is 1. The minimum atomic E-state index is -0.271. The number of nitrogens with one attached hydrogen (secondary N) is 1. The summed E-state index contributed by atoms with van der Waals surface area (Å²) in [6.45, 7) is 10.5. The summed E-state index contributed by atoms with van der Waals surface area (Å²) >= 11 is 0. The number of aromatic nitrogens is 4. The fourth-order valence-electron chi connectivity index (χ4n) is 2.88. The van der Waals surface area contributed by atoms with Gasteiger partial charge in [-0.15, -0.1) is 0 Å². The van der Waals surface area contributed by atoms with Crippen LogP contribution in [0, 0.1) is 13.8 Å². The van der Waals surface area contributed by atoms with Gasteiger partial charge >= 0.3 is 0 Å². The van der Waals surface area contributed by atoms with Gasteiger partial charge in [-0.3, -0.25) is 9.48 Å². The summed E-state index contributed by atoms with van der Waals surface area (Å²) in [5.74, 6) is 0.489. The van der Waals surface area contributed by atoms with Crippen molar-refractivity contribution in [3.05, 3.63) is 59.2 Å². The molecule has 0 aliphatic rings. The lowest BCUT2D eigenvalue weighted by Crippen LogP contribution is -2.15. The molecule has 148 valence electrons. The Kier molecular flexibility index (Phi) is 5.27. The zero-order valence-electron chi connectivity index (χ0n) is 17.3. The van der Waals surface area contributed by atoms with Crippen LogP contribution >= 0.6 is 0 Å². The Labute approximate surface area is 165 Å². The van der Waals surface area contributed by atoms with Gasteiger partial charge in [0.15, 0.2) is 12.4 Å². The third kappa shape index (κ3) is 4.24. The molecule has 0 spiro atoms. The summed E-state index contributed by atoms with van der Waals surface area (Å²) in [6, 6.07) is 9.70. The van der Waals surface area contributed by atoms with Crippen LogP contribution in [0.4, 0.5) is 5.69 Å². The van der Waals surface area contributed by atoms with Gasteiger partial charge in [-0.1, -0.05) is 32.9 Å². The van der Waals surface area contributed by atoms with Crippen molar-refractivity contribution < 1.29 is 9.53 Å². The van der Waals surface area contributed by atoms with Crippen molar-refractivity contribution in [1.82, 2.24) is 19.6 Å². The fourth-order valence-corrected chi connectivity index (χ4v) is 2.88. The minimum absolute atomic E-state index is 0.105. The predicted molar refractivity (Wildman–Crippen MR) is 109 cm³/mol. The molecule has 1 N–H and O–H groups in total. The monoisotopic (exact) mass is 381 g/mol. The van der Waals surface area contributed by atoms with Crippen molar-refractivity contribution in [3.8, 4) is 5.75 Å². The molecule has 3 rings (SSSR count). The van der Waals surface area contributed by atoms with E-state index in [1.807, 2.05) is 33.0 Å². The zero-order chi connectivity index (χ0) is 20.5. The number of nitrogens with zero attached hydrogens (tertiary/aromatic N) is 4. The van der Waals surface area contributed by atoms with E-state index in [1.54, 1.807) is 21.6 Å². The van der Waals surface area contributed by atoms with Crippen LogP contribution in [-0.4, -0.2) is 25.5 Å². The first kappa shape index (κ1) is 19.7. The summed E-state index contributed by atoms with van der Waals surface area (Å²) in [4.78, 5) is 12.5. The molecule has 0 saturated carbocycles. The minimum Gasteiger partial charge on any atom is -0.471 e. The Hall–Kier alpha value is -3.09. The van der Waals surface area contributed by atoms with E-state index >= 15 is 0 Å². The summed E-state index contributed by atoms with van der Waals surface area (Å²) in [6.07, 6.45) is 1.72. The second-order valence-electron chi connectivity index (χ2n) is 7.91. The highest BCUT2D eigenvalue weighted by Gasteiger charge is 2.16. The van der Waals surface area contributed by atoms with E-state index in [0.29, 0.717) is 5.69 Å². The van der Waals surface area contributed by atoms with Gasteiger partial charge in [-0.25, -0.2) is 4.68 Å². The number of hydrogen-bond donors (Lipinski definition) is 1. The molecular weight excluding hydrogens is 354 g/mol. The third-order valence-electron chi connectivity index (χ3n) is 4.70. The van der Waals surface area contributed by atoms with Gasteiger partial charge in [0, 0.05) is 13.2 Å². The first-order chi connectivity index (χ1) is 13.1. The number of ether oxygens (including phenoxy) is 1. The molecule has 7 heteroatoms. The van der Waals surface area contributed by atoms with Crippen LogP contribution in [0.1, 0.15) is 48.2 Å². The summed E-state index contributed by atoms with van der Waals surface area (Å²) < 4.78 is 9.10. The molecule has 1 aromatic carbocycles. The van der Waals surface area contributed by atoms with E-state index in [1.165, 1.54) is 5.56 Å². The maximum atomic E-state index is 12.5. The number of rotatable bonds is 5. The van der Waals surface area contributed by atoms with Crippen LogP contribution in [-0.2, 0) is 19.2 Å². The van der Waals surface area contributed by atoms with E-state index in [2.05, 4.69) is 48.4 Å². The Morgan fingerprint density at radius 3 is 2.36 bits per heavy atom. The molecule has 0 unspecified atom stereocenters. The Balaban J connectivity index is 1.61. The molecule has 2 aromatic heterocycles. The lowest BCUT2D eigenvalue weighted by atomic mass is 9.87. The molecule has 7 nitrogen and oxygen atoms in total. The summed E-state index contributed by atoms with van der Waals surface area (Å²) in [7, 11) is 1.85. The molecule has 0 radical (unpaired) electrons. The lowest BCUT2D eigenvalue weighted by molar-refractivity contribution is 0.102. The molecule has 0 atom stereocenters. The van der Waals surface area contributed by atoms with Crippen molar-refractivity contribution in [2.24, 2.45) is 7.05 Å². The lowest BCUT2D eigenvalue weighted by Gasteiger charge is -2.19. The Bertz CT molecular complexity index is 977. The van der Waals surface area contributed by atoms with Crippen molar-refractivity contribution in [3.63, 3.8) is 0 Å². The van der Waals surface area contributed by atoms with E-state index in [4.69, 9.17) is 4.74 Å². The number of aryl methyl sites for hydroxylation is 2. The van der Waals surface area contributed by atoms with Gasteiger partial charge in [0.25, 0.3) is 5.91 Å². The Morgan fingerprint density at radius 2 is 1.79 bits per heavy atom. The van der Waals surface area contributed by atoms with E-state index < -0.39 is 0 Å². The van der Waals surface area contributed by atoms with Crippen molar-refractivity contribution in [2.45, 2.75) is 46.8 Å². The van der Waals surface area contributed by atoms with Crippen LogP contribution in [0.25, 0.3) is 0 Å². The largest absolute Gasteiger partial charge is 0.471 e. The van der Waals surface area contributed by atoms with Crippen LogP contribution in [0.3, 0.4) is 0 Å². The number of amides is 1. The fraction of sp³-hybridized carbons (Fsp3) is 0.381. The molecule has 3 aromatic rings. The second kappa shape index (κ2) is 7.50. The third-order valence-corrected chi connectivity index (χ3v) is 4.70. The molecular formula is C21H27N5O2. The second-order valence-corrected chi connectivity index (χ2v) is 7.91. The number of hydrogen-bond acceptors (Lipinski definition) is 4. The molecule has 1 amide bonds. The maximum absolute atomic E-state index is 12.5. The van der Waals surface area contributed by atoms with Crippen LogP contribution in [0.2, 0.25) is 0 Å². The molecule has 2 heterocycles. The van der Waals surface area contributed by atoms with Crippen molar-refractivity contribution in [2.75, 3.05) is 5.32 Å². The highest BCUT2D eigenvalue weighted by atomic mass is 16.5. The van der Waals surface area contributed by atoms with Crippen LogP contribution in [0.15, 0.2) is 36.5 Å². The van der Waals surface area contributed by atoms with Gasteiger partial charge in [-0.05, 0) is 43.0 Å². The predicted octanol–water partition coefficient (Wildman–Crippen LogP) is 3.82. The highest BCUT2D eigenvalue weighted by Crippen LogP contribution is 2.24. The molecule has 0 fully saturated rings. The molecule has 0 aliphatic heterocycles. The van der Waals surface area contributed by atoms with E-state index in [-0.39, 0.29) is 18.1 Å². The number of benzene rings is 1. The van der Waals surface area contributed by atoms with Gasteiger partial charge in [0.05, 0.1) is 17.1 Å². The van der Waals surface area contributed by atoms with Gasteiger partial charge in [-0.2, -0.15) is 10.2 Å². The van der Waals surface area contributed by atoms with Gasteiger partial charge < -0.3 is 10.1 Å². The molecule has 0 aliphatic carbocycles. The molecule has 0 saturated heterocycles. The van der Waals surface area contributed by atoms with E-state index in [9.17, 15) is 4.79 Å². The first-order valence-corrected chi connectivity index (χ1v) is 9.23. The normalized spacial score (nSPS) is 11.5. The van der Waals surface area contributed by atoms with Gasteiger partial charge in [0.1, 0.15) is 5.75 Å². The zero-order valence-corrected chi connectivity index (χ0v) is 17.3. The van der Waals surface area contributed by atoms with Crippen molar-refractivity contribution in [1.29, 1.82) is 0 Å². The van der Waals surface area contributed by atoms with Gasteiger partial charge in [0.2, 0.25) is 0 Å². The quantitative estimate of drug-likeness (QED) is 0.729. The average molecular weight is 381 g/mol. The van der Waals surface area contributed by atoms with Crippen LogP contribution in [0.5, 0.6) is 5.75 Å². The maximum Gasteiger partial charge on any atom is 0.276 e. The summed E-state index contributed by atoms with van der Waals surface area (Å²) in [5.41, 5.74) is 4.07. The van der Waals surface area contributed by atoms with E-state index in [0.717, 1.165) is 22.8 Å². The summed E-state index contributed by atoms with van der Waals surface area (Å²) in [5, 5.41) is 11.5. The standard InChI is InChI=1S/C21H27N5O2/c1-14-19(15(2)25(6)23-14)22-20(27)18-11-12-26(24-18)13-28-17-9-7-16(8-10-17)21(3,4)5/h7-12H,13H2,1-6H3,(H,22,27). The molecule has 28 heavy (non-hydrogen) atoms. The topological polar surface area (TPSA) is 74.0 Å². The average Bonchev–Trinajstić information content (AvgIpc) is 3.20. The number of anilines is 1. The smallest absolute Gasteiger partial charge is 0.276 e.